The SMILES string of the molecule is CC(C)OC1CCC2C(=O)C(c3ccccc3)=COC2C1. The Kier molecular flexibility index (Phi) is 4.11. The number of carbonyl (C=O) groups excluding carboxylic acids is 1. The molecule has 3 atom stereocenters. The third-order valence-corrected chi connectivity index (χ3v) is 4.26. The normalized spacial score (nSPS) is 28.8. The van der Waals surface area contributed by atoms with Gasteiger partial charge in [0.1, 0.15) is 6.10 Å². The number of fused-ring (bicyclic) bond motifs is 1. The van der Waals surface area contributed by atoms with E-state index in [4.69, 9.17) is 9.47 Å². The molecule has 3 rings (SSSR count). The summed E-state index contributed by atoms with van der Waals surface area (Å²) < 4.78 is 11.7. The van der Waals surface area contributed by atoms with Gasteiger partial charge in [-0.2, -0.15) is 0 Å². The molecule has 3 unspecified atom stereocenters. The zero-order valence-corrected chi connectivity index (χ0v) is 12.6. The van der Waals surface area contributed by atoms with E-state index in [0.717, 1.165) is 24.8 Å². The van der Waals surface area contributed by atoms with Crippen LogP contribution < -0.4 is 0 Å². The van der Waals surface area contributed by atoms with E-state index in [9.17, 15) is 4.79 Å². The number of Topliss-reactive ketones (excluding diaryl/α,β-unsaturated/α-hetero) is 1. The first kappa shape index (κ1) is 14.3. The summed E-state index contributed by atoms with van der Waals surface area (Å²) in [5.41, 5.74) is 1.65. The Labute approximate surface area is 125 Å². The lowest BCUT2D eigenvalue weighted by atomic mass is 9.78. The minimum atomic E-state index is -0.0255. The summed E-state index contributed by atoms with van der Waals surface area (Å²) in [6, 6.07) is 9.77. The quantitative estimate of drug-likeness (QED) is 0.852. The summed E-state index contributed by atoms with van der Waals surface area (Å²) in [5.74, 6) is 0.206. The number of allylic oxidation sites excluding steroid dienone is 1. The van der Waals surface area contributed by atoms with Crippen LogP contribution in [-0.4, -0.2) is 24.1 Å². The Balaban J connectivity index is 1.75. The number of rotatable bonds is 3. The lowest BCUT2D eigenvalue weighted by Crippen LogP contribution is -2.41. The minimum Gasteiger partial charge on any atom is -0.496 e. The molecule has 0 saturated heterocycles. The van der Waals surface area contributed by atoms with Crippen LogP contribution in [0.15, 0.2) is 36.6 Å². The van der Waals surface area contributed by atoms with Crippen LogP contribution >= 0.6 is 0 Å². The van der Waals surface area contributed by atoms with E-state index < -0.39 is 0 Å². The van der Waals surface area contributed by atoms with Crippen molar-refractivity contribution in [2.45, 2.75) is 51.4 Å². The molecule has 3 heteroatoms. The van der Waals surface area contributed by atoms with Crippen LogP contribution in [0.5, 0.6) is 0 Å². The highest BCUT2D eigenvalue weighted by Gasteiger charge is 2.40. The van der Waals surface area contributed by atoms with E-state index in [1.165, 1.54) is 0 Å². The molecule has 0 radical (unpaired) electrons. The van der Waals surface area contributed by atoms with Crippen molar-refractivity contribution in [1.29, 1.82) is 0 Å². The molecule has 2 aliphatic rings. The van der Waals surface area contributed by atoms with E-state index in [0.29, 0.717) is 5.57 Å². The van der Waals surface area contributed by atoms with Gasteiger partial charge in [-0.15, -0.1) is 0 Å². The van der Waals surface area contributed by atoms with Crippen LogP contribution in [0, 0.1) is 5.92 Å². The van der Waals surface area contributed by atoms with Gasteiger partial charge in [-0.3, -0.25) is 4.79 Å². The molecule has 1 aliphatic carbocycles. The van der Waals surface area contributed by atoms with Gasteiger partial charge in [0.2, 0.25) is 0 Å². The van der Waals surface area contributed by atoms with Crippen LogP contribution in [0.4, 0.5) is 0 Å². The van der Waals surface area contributed by atoms with Gasteiger partial charge in [-0.05, 0) is 32.3 Å². The first-order valence-corrected chi connectivity index (χ1v) is 7.76. The smallest absolute Gasteiger partial charge is 0.173 e. The Bertz CT molecular complexity index is 533. The average Bonchev–Trinajstić information content (AvgIpc) is 2.48. The first-order chi connectivity index (χ1) is 10.1. The van der Waals surface area contributed by atoms with Gasteiger partial charge >= 0.3 is 0 Å². The zero-order valence-electron chi connectivity index (χ0n) is 12.6. The van der Waals surface area contributed by atoms with Crippen molar-refractivity contribution in [3.63, 3.8) is 0 Å². The van der Waals surface area contributed by atoms with E-state index in [2.05, 4.69) is 0 Å². The zero-order chi connectivity index (χ0) is 14.8. The molecular weight excluding hydrogens is 264 g/mol. The lowest BCUT2D eigenvalue weighted by molar-refractivity contribution is -0.129. The van der Waals surface area contributed by atoms with Gasteiger partial charge in [-0.25, -0.2) is 0 Å². The third kappa shape index (κ3) is 3.03. The van der Waals surface area contributed by atoms with Gasteiger partial charge in [0.05, 0.1) is 30.0 Å². The second kappa shape index (κ2) is 6.02. The maximum absolute atomic E-state index is 12.7. The Hall–Kier alpha value is -1.61. The van der Waals surface area contributed by atoms with Crippen molar-refractivity contribution in [3.8, 4) is 0 Å². The summed E-state index contributed by atoms with van der Waals surface area (Å²) in [6.45, 7) is 4.10. The molecule has 0 bridgehead atoms. The molecule has 1 fully saturated rings. The van der Waals surface area contributed by atoms with E-state index >= 15 is 0 Å². The molecule has 112 valence electrons. The Morgan fingerprint density at radius 1 is 1.19 bits per heavy atom. The molecule has 1 heterocycles. The fourth-order valence-corrected chi connectivity index (χ4v) is 3.29. The molecule has 0 amide bonds. The molecule has 3 nitrogen and oxygen atoms in total. The first-order valence-electron chi connectivity index (χ1n) is 7.76. The predicted octanol–water partition coefficient (Wildman–Crippen LogP) is 3.59. The van der Waals surface area contributed by atoms with Crippen LogP contribution in [0.3, 0.4) is 0 Å². The maximum atomic E-state index is 12.7. The molecule has 1 aliphatic heterocycles. The highest BCUT2D eigenvalue weighted by atomic mass is 16.5. The molecule has 0 N–H and O–H groups in total. The lowest BCUT2D eigenvalue weighted by Gasteiger charge is -2.38. The van der Waals surface area contributed by atoms with Crippen molar-refractivity contribution in [2.24, 2.45) is 5.92 Å². The average molecular weight is 286 g/mol. The van der Waals surface area contributed by atoms with Crippen molar-refractivity contribution >= 4 is 11.4 Å². The van der Waals surface area contributed by atoms with Crippen molar-refractivity contribution in [1.82, 2.24) is 0 Å². The highest BCUT2D eigenvalue weighted by molar-refractivity contribution is 6.22. The summed E-state index contributed by atoms with van der Waals surface area (Å²) in [7, 11) is 0. The van der Waals surface area contributed by atoms with Crippen LogP contribution in [-0.2, 0) is 14.3 Å². The molecule has 1 aromatic carbocycles. The molecular formula is C18H22O3. The maximum Gasteiger partial charge on any atom is 0.173 e. The second-order valence-corrected chi connectivity index (χ2v) is 6.16. The van der Waals surface area contributed by atoms with E-state index in [1.54, 1.807) is 6.26 Å². The molecule has 1 aromatic rings. The largest absolute Gasteiger partial charge is 0.496 e. The fraction of sp³-hybridized carbons (Fsp3) is 0.500. The molecule has 21 heavy (non-hydrogen) atoms. The molecule has 0 aromatic heterocycles. The van der Waals surface area contributed by atoms with Gasteiger partial charge in [0.15, 0.2) is 5.78 Å². The Morgan fingerprint density at radius 2 is 1.95 bits per heavy atom. The summed E-state index contributed by atoms with van der Waals surface area (Å²) >= 11 is 0. The highest BCUT2D eigenvalue weighted by Crippen LogP contribution is 2.37. The number of benzene rings is 1. The summed E-state index contributed by atoms with van der Waals surface area (Å²) in [4.78, 5) is 12.7. The number of ether oxygens (including phenoxy) is 2. The van der Waals surface area contributed by atoms with Crippen LogP contribution in [0.2, 0.25) is 0 Å². The number of ketones is 1. The van der Waals surface area contributed by atoms with E-state index in [1.807, 2.05) is 44.2 Å². The number of hydrogen-bond acceptors (Lipinski definition) is 3. The fourth-order valence-electron chi connectivity index (χ4n) is 3.29. The summed E-state index contributed by atoms with van der Waals surface area (Å²) in [5, 5.41) is 0. The van der Waals surface area contributed by atoms with Crippen molar-refractivity contribution in [2.75, 3.05) is 0 Å². The standard InChI is InChI=1S/C18H22O3/c1-12(2)21-14-8-9-15-17(10-14)20-11-16(18(15)19)13-6-4-3-5-7-13/h3-7,11-12,14-15,17H,8-10H2,1-2H3. The van der Waals surface area contributed by atoms with Gasteiger partial charge in [0, 0.05) is 6.42 Å². The van der Waals surface area contributed by atoms with E-state index in [-0.39, 0.29) is 30.0 Å². The predicted molar refractivity (Wildman–Crippen MR) is 81.6 cm³/mol. The molecule has 0 spiro atoms. The van der Waals surface area contributed by atoms with Crippen LogP contribution in [0.1, 0.15) is 38.7 Å². The van der Waals surface area contributed by atoms with Crippen molar-refractivity contribution < 1.29 is 14.3 Å². The van der Waals surface area contributed by atoms with Gasteiger partial charge in [-0.1, -0.05) is 30.3 Å². The van der Waals surface area contributed by atoms with Gasteiger partial charge in [0.25, 0.3) is 0 Å². The minimum absolute atomic E-state index is 0.0165. The van der Waals surface area contributed by atoms with Crippen molar-refractivity contribution in [3.05, 3.63) is 42.2 Å². The second-order valence-electron chi connectivity index (χ2n) is 6.16. The van der Waals surface area contributed by atoms with Gasteiger partial charge < -0.3 is 9.47 Å². The Morgan fingerprint density at radius 3 is 2.67 bits per heavy atom. The third-order valence-electron chi connectivity index (χ3n) is 4.26. The van der Waals surface area contributed by atoms with Crippen LogP contribution in [0.25, 0.3) is 5.57 Å². The topological polar surface area (TPSA) is 35.5 Å². The number of carbonyl (C=O) groups is 1. The molecule has 1 saturated carbocycles. The monoisotopic (exact) mass is 286 g/mol. The number of hydrogen-bond donors (Lipinski definition) is 0. The summed E-state index contributed by atoms with van der Waals surface area (Å²) in [6.07, 6.45) is 4.67.